The van der Waals surface area contributed by atoms with Crippen molar-refractivity contribution in [2.45, 2.75) is 26.3 Å². The lowest BCUT2D eigenvalue weighted by atomic mass is 9.96. The van der Waals surface area contributed by atoms with Crippen molar-refractivity contribution in [1.82, 2.24) is 4.57 Å². The summed E-state index contributed by atoms with van der Waals surface area (Å²) >= 11 is 0. The molecule has 0 radical (unpaired) electrons. The van der Waals surface area contributed by atoms with Crippen molar-refractivity contribution in [2.24, 2.45) is 0 Å². The molecule has 0 saturated carbocycles. The Hall–Kier alpha value is -4.24. The van der Waals surface area contributed by atoms with Gasteiger partial charge in [-0.15, -0.1) is 0 Å². The van der Waals surface area contributed by atoms with Crippen LogP contribution in [0.1, 0.15) is 19.8 Å². The van der Waals surface area contributed by atoms with E-state index in [0.29, 0.717) is 0 Å². The number of benzene rings is 6. The first-order valence-corrected chi connectivity index (χ1v) is 13.1. The third-order valence-electron chi connectivity index (χ3n) is 7.89. The van der Waals surface area contributed by atoms with Gasteiger partial charge in [0.15, 0.2) is 0 Å². The Morgan fingerprint density at radius 3 is 1.49 bits per heavy atom. The highest BCUT2D eigenvalue weighted by Crippen LogP contribution is 2.41. The zero-order valence-corrected chi connectivity index (χ0v) is 21.5. The molecule has 0 aliphatic rings. The fourth-order valence-electron chi connectivity index (χ4n) is 5.99. The first-order chi connectivity index (χ1) is 18.2. The van der Waals surface area contributed by atoms with Crippen LogP contribution in [0.5, 0.6) is 11.5 Å². The van der Waals surface area contributed by atoms with E-state index in [1.54, 1.807) is 14.2 Å². The molecule has 7 aromatic rings. The standard InChI is InChI=1S/C34H29NO2/c1-4-5-14-35-31-12-8-23-15-21-6-10-27(36-2)17-25(21)19-29(23)33(31)34-30-20-26-18-28(37-3)11-7-22(26)16-24(30)9-13-32(34)35/h6-13,15-20H,4-5,14H2,1-3H3. The minimum Gasteiger partial charge on any atom is -0.497 e. The molecule has 1 aromatic heterocycles. The van der Waals surface area contributed by atoms with Crippen LogP contribution in [0.3, 0.4) is 0 Å². The molecule has 0 atom stereocenters. The molecule has 0 aliphatic heterocycles. The van der Waals surface area contributed by atoms with E-state index >= 15 is 0 Å². The number of aromatic nitrogens is 1. The number of hydrogen-bond donors (Lipinski definition) is 0. The Kier molecular flexibility index (Phi) is 5.00. The maximum Gasteiger partial charge on any atom is 0.119 e. The quantitative estimate of drug-likeness (QED) is 0.228. The van der Waals surface area contributed by atoms with Crippen LogP contribution in [0.25, 0.3) is 64.9 Å². The van der Waals surface area contributed by atoms with Crippen LogP contribution in [-0.2, 0) is 6.54 Å². The van der Waals surface area contributed by atoms with Crippen LogP contribution >= 0.6 is 0 Å². The van der Waals surface area contributed by atoms with Gasteiger partial charge in [-0.3, -0.25) is 0 Å². The van der Waals surface area contributed by atoms with Gasteiger partial charge in [0.25, 0.3) is 0 Å². The highest BCUT2D eigenvalue weighted by molar-refractivity contribution is 6.29. The maximum atomic E-state index is 5.54. The van der Waals surface area contributed by atoms with Gasteiger partial charge in [0.05, 0.1) is 14.2 Å². The molecule has 37 heavy (non-hydrogen) atoms. The summed E-state index contributed by atoms with van der Waals surface area (Å²) in [5.41, 5.74) is 2.60. The zero-order valence-electron chi connectivity index (χ0n) is 21.5. The Morgan fingerprint density at radius 2 is 1.03 bits per heavy atom. The lowest BCUT2D eigenvalue weighted by Gasteiger charge is -2.08. The summed E-state index contributed by atoms with van der Waals surface area (Å²) < 4.78 is 13.6. The fraction of sp³-hybridized carbons (Fsp3) is 0.176. The van der Waals surface area contributed by atoms with Crippen molar-refractivity contribution < 1.29 is 9.47 Å². The SMILES string of the molecule is CCCCn1c2ccc3cc4ccc(OC)cc4cc3c2c2c3cc4cc(OC)ccc4cc3ccc21. The molecule has 1 heterocycles. The van der Waals surface area contributed by atoms with E-state index in [4.69, 9.17) is 9.47 Å². The summed E-state index contributed by atoms with van der Waals surface area (Å²) in [5.74, 6) is 1.77. The number of fused-ring (bicyclic) bond motifs is 9. The molecule has 182 valence electrons. The summed E-state index contributed by atoms with van der Waals surface area (Å²) in [6, 6.07) is 31.2. The van der Waals surface area contributed by atoms with Crippen LogP contribution < -0.4 is 9.47 Å². The lowest BCUT2D eigenvalue weighted by Crippen LogP contribution is -1.97. The van der Waals surface area contributed by atoms with Crippen molar-refractivity contribution in [3.05, 3.63) is 84.9 Å². The van der Waals surface area contributed by atoms with Crippen LogP contribution in [0.15, 0.2) is 84.9 Å². The second kappa shape index (κ2) is 8.41. The van der Waals surface area contributed by atoms with Crippen molar-refractivity contribution in [1.29, 1.82) is 0 Å². The highest BCUT2D eigenvalue weighted by atomic mass is 16.5. The summed E-state index contributed by atoms with van der Waals surface area (Å²) in [7, 11) is 3.46. The van der Waals surface area contributed by atoms with E-state index in [1.165, 1.54) is 64.9 Å². The average Bonchev–Trinajstić information content (AvgIpc) is 3.27. The molecule has 0 saturated heterocycles. The van der Waals surface area contributed by atoms with Gasteiger partial charge in [0.1, 0.15) is 11.5 Å². The summed E-state index contributed by atoms with van der Waals surface area (Å²) in [6.45, 7) is 3.27. The van der Waals surface area contributed by atoms with Gasteiger partial charge in [0.2, 0.25) is 0 Å². The Balaban J connectivity index is 1.67. The van der Waals surface area contributed by atoms with Crippen molar-refractivity contribution in [2.75, 3.05) is 14.2 Å². The highest BCUT2D eigenvalue weighted by Gasteiger charge is 2.17. The number of aryl methyl sites for hydroxylation is 1. The molecule has 3 nitrogen and oxygen atoms in total. The summed E-state index contributed by atoms with van der Waals surface area (Å²) in [5, 5.41) is 12.6. The van der Waals surface area contributed by atoms with E-state index in [2.05, 4.69) is 84.3 Å². The molecule has 0 fully saturated rings. The molecule has 7 rings (SSSR count). The van der Waals surface area contributed by atoms with Gasteiger partial charge in [-0.1, -0.05) is 37.6 Å². The second-order valence-corrected chi connectivity index (χ2v) is 10.00. The van der Waals surface area contributed by atoms with Gasteiger partial charge >= 0.3 is 0 Å². The minimum absolute atomic E-state index is 0.885. The molecular formula is C34H29NO2. The molecular weight excluding hydrogens is 454 g/mol. The van der Waals surface area contributed by atoms with Gasteiger partial charge < -0.3 is 14.0 Å². The zero-order chi connectivity index (χ0) is 25.1. The summed E-state index contributed by atoms with van der Waals surface area (Å²) in [6.07, 6.45) is 2.32. The Morgan fingerprint density at radius 1 is 0.541 bits per heavy atom. The van der Waals surface area contributed by atoms with Crippen molar-refractivity contribution >= 4 is 64.9 Å². The largest absolute Gasteiger partial charge is 0.497 e. The van der Waals surface area contributed by atoms with E-state index in [-0.39, 0.29) is 0 Å². The molecule has 3 heteroatoms. The van der Waals surface area contributed by atoms with Crippen LogP contribution in [0.2, 0.25) is 0 Å². The smallest absolute Gasteiger partial charge is 0.119 e. The van der Waals surface area contributed by atoms with Gasteiger partial charge in [-0.25, -0.2) is 0 Å². The molecule has 0 spiro atoms. The third-order valence-corrected chi connectivity index (χ3v) is 7.89. The molecule has 0 aliphatic carbocycles. The number of unbranched alkanes of at least 4 members (excludes halogenated alkanes) is 1. The number of ether oxygens (including phenoxy) is 2. The van der Waals surface area contributed by atoms with E-state index < -0.39 is 0 Å². The third kappa shape index (κ3) is 3.34. The Bertz CT molecular complexity index is 1860. The van der Waals surface area contributed by atoms with E-state index in [0.717, 1.165) is 30.9 Å². The number of nitrogens with zero attached hydrogens (tertiary/aromatic N) is 1. The van der Waals surface area contributed by atoms with Crippen LogP contribution in [0, 0.1) is 0 Å². The predicted molar refractivity (Wildman–Crippen MR) is 157 cm³/mol. The van der Waals surface area contributed by atoms with Gasteiger partial charge in [-0.2, -0.15) is 0 Å². The second-order valence-electron chi connectivity index (χ2n) is 10.00. The van der Waals surface area contributed by atoms with E-state index in [9.17, 15) is 0 Å². The monoisotopic (exact) mass is 483 g/mol. The molecule has 0 unspecified atom stereocenters. The van der Waals surface area contributed by atoms with Gasteiger partial charge in [-0.05, 0) is 110 Å². The number of hydrogen-bond acceptors (Lipinski definition) is 2. The average molecular weight is 484 g/mol. The summed E-state index contributed by atoms with van der Waals surface area (Å²) in [4.78, 5) is 0. The lowest BCUT2D eigenvalue weighted by molar-refractivity contribution is 0.415. The molecule has 0 amide bonds. The first-order valence-electron chi connectivity index (χ1n) is 13.1. The van der Waals surface area contributed by atoms with Crippen molar-refractivity contribution in [3.63, 3.8) is 0 Å². The normalized spacial score (nSPS) is 12.0. The van der Waals surface area contributed by atoms with Crippen molar-refractivity contribution in [3.8, 4) is 11.5 Å². The molecule has 0 N–H and O–H groups in total. The van der Waals surface area contributed by atoms with Crippen LogP contribution in [-0.4, -0.2) is 18.8 Å². The predicted octanol–water partition coefficient (Wildman–Crippen LogP) is 9.22. The number of methoxy groups -OCH3 is 2. The topological polar surface area (TPSA) is 23.4 Å². The van der Waals surface area contributed by atoms with E-state index in [1.807, 2.05) is 12.1 Å². The number of rotatable bonds is 5. The minimum atomic E-state index is 0.885. The van der Waals surface area contributed by atoms with Gasteiger partial charge in [0, 0.05) is 28.4 Å². The maximum absolute atomic E-state index is 5.54. The fourth-order valence-corrected chi connectivity index (χ4v) is 5.99. The van der Waals surface area contributed by atoms with Crippen LogP contribution in [0.4, 0.5) is 0 Å². The Labute approximate surface area is 215 Å². The molecule has 6 aromatic carbocycles. The first kappa shape index (κ1) is 22.0. The molecule has 0 bridgehead atoms.